The molecule has 0 bridgehead atoms. The van der Waals surface area contributed by atoms with E-state index in [2.05, 4.69) is 9.97 Å². The Morgan fingerprint density at radius 2 is 2.29 bits per heavy atom. The predicted molar refractivity (Wildman–Crippen MR) is 78.6 cm³/mol. The molecule has 2 atom stereocenters. The second-order valence-electron chi connectivity index (χ2n) is 4.64. The van der Waals surface area contributed by atoms with Crippen LogP contribution < -0.4 is 5.56 Å². The van der Waals surface area contributed by atoms with E-state index in [9.17, 15) is 14.7 Å². The summed E-state index contributed by atoms with van der Waals surface area (Å²) in [4.78, 5) is 30.0. The lowest BCUT2D eigenvalue weighted by Gasteiger charge is -2.11. The SMILES string of the molecule is O=C1C[C@H](O)[C@@H](CSc2nc3cc(Cl)ccc3c(=O)[nH]2)O1. The molecule has 2 heterocycles. The van der Waals surface area contributed by atoms with Crippen LogP contribution in [0.3, 0.4) is 0 Å². The Kier molecular flexibility index (Phi) is 3.88. The maximum atomic E-state index is 11.9. The zero-order valence-electron chi connectivity index (χ0n) is 10.7. The molecule has 8 heteroatoms. The fourth-order valence-electron chi connectivity index (χ4n) is 2.06. The molecule has 1 saturated heterocycles. The number of carbonyl (C=O) groups excluding carboxylic acids is 1. The smallest absolute Gasteiger partial charge is 0.308 e. The number of cyclic esters (lactones) is 1. The van der Waals surface area contributed by atoms with Crippen LogP contribution in [0.25, 0.3) is 10.9 Å². The number of ether oxygens (including phenoxy) is 1. The van der Waals surface area contributed by atoms with Crippen molar-refractivity contribution in [1.29, 1.82) is 0 Å². The maximum Gasteiger partial charge on any atom is 0.308 e. The van der Waals surface area contributed by atoms with Crippen molar-refractivity contribution in [2.24, 2.45) is 0 Å². The number of aromatic nitrogens is 2. The second kappa shape index (κ2) is 5.67. The van der Waals surface area contributed by atoms with Gasteiger partial charge in [0, 0.05) is 10.8 Å². The maximum absolute atomic E-state index is 11.9. The first-order valence-electron chi connectivity index (χ1n) is 6.23. The summed E-state index contributed by atoms with van der Waals surface area (Å²) < 4.78 is 4.98. The van der Waals surface area contributed by atoms with E-state index in [0.717, 1.165) is 0 Å². The Bertz CT molecular complexity index is 763. The number of esters is 1. The van der Waals surface area contributed by atoms with E-state index in [-0.39, 0.29) is 12.0 Å². The summed E-state index contributed by atoms with van der Waals surface area (Å²) in [6, 6.07) is 4.85. The topological polar surface area (TPSA) is 92.3 Å². The average molecular weight is 327 g/mol. The summed E-state index contributed by atoms with van der Waals surface area (Å²) in [7, 11) is 0. The summed E-state index contributed by atoms with van der Waals surface area (Å²) >= 11 is 7.10. The molecular weight excluding hydrogens is 316 g/mol. The van der Waals surface area contributed by atoms with Gasteiger partial charge in [0.15, 0.2) is 5.16 Å². The molecular formula is C13H11ClN2O4S. The Hall–Kier alpha value is -1.57. The number of fused-ring (bicyclic) bond motifs is 1. The van der Waals surface area contributed by atoms with Crippen molar-refractivity contribution in [3.63, 3.8) is 0 Å². The largest absolute Gasteiger partial charge is 0.459 e. The van der Waals surface area contributed by atoms with Crippen LogP contribution >= 0.6 is 23.4 Å². The molecule has 1 aliphatic heterocycles. The number of carbonyl (C=O) groups is 1. The predicted octanol–water partition coefficient (Wildman–Crippen LogP) is 1.34. The van der Waals surface area contributed by atoms with Gasteiger partial charge < -0.3 is 14.8 Å². The van der Waals surface area contributed by atoms with Crippen LogP contribution in [0.4, 0.5) is 0 Å². The highest BCUT2D eigenvalue weighted by Gasteiger charge is 2.33. The second-order valence-corrected chi connectivity index (χ2v) is 6.09. The van der Waals surface area contributed by atoms with Crippen molar-refractivity contribution < 1.29 is 14.6 Å². The number of nitrogens with one attached hydrogen (secondary N) is 1. The number of halogens is 1. The van der Waals surface area contributed by atoms with E-state index in [1.54, 1.807) is 18.2 Å². The highest BCUT2D eigenvalue weighted by molar-refractivity contribution is 7.99. The Morgan fingerprint density at radius 3 is 3.00 bits per heavy atom. The number of thioether (sulfide) groups is 1. The van der Waals surface area contributed by atoms with Crippen LogP contribution in [0.15, 0.2) is 28.2 Å². The van der Waals surface area contributed by atoms with Gasteiger partial charge in [-0.3, -0.25) is 9.59 Å². The van der Waals surface area contributed by atoms with Gasteiger partial charge in [0.25, 0.3) is 5.56 Å². The van der Waals surface area contributed by atoms with Crippen molar-refractivity contribution in [2.75, 3.05) is 5.75 Å². The molecule has 2 N–H and O–H groups in total. The number of rotatable bonds is 3. The third kappa shape index (κ3) is 3.04. The highest BCUT2D eigenvalue weighted by Crippen LogP contribution is 2.23. The minimum absolute atomic E-state index is 0.00248. The monoisotopic (exact) mass is 326 g/mol. The molecule has 21 heavy (non-hydrogen) atoms. The first-order valence-corrected chi connectivity index (χ1v) is 7.59. The van der Waals surface area contributed by atoms with Gasteiger partial charge in [-0.2, -0.15) is 0 Å². The van der Waals surface area contributed by atoms with Crippen LogP contribution in [0.1, 0.15) is 6.42 Å². The van der Waals surface area contributed by atoms with Crippen LogP contribution in [0, 0.1) is 0 Å². The van der Waals surface area contributed by atoms with Crippen molar-refractivity contribution in [2.45, 2.75) is 23.8 Å². The number of hydrogen-bond donors (Lipinski definition) is 2. The number of aliphatic hydroxyl groups excluding tert-OH is 1. The number of hydrogen-bond acceptors (Lipinski definition) is 6. The number of nitrogens with zero attached hydrogens (tertiary/aromatic N) is 1. The van der Waals surface area contributed by atoms with Gasteiger partial charge in [0.1, 0.15) is 12.2 Å². The van der Waals surface area contributed by atoms with Crippen LogP contribution in [0.5, 0.6) is 0 Å². The van der Waals surface area contributed by atoms with Gasteiger partial charge in [-0.15, -0.1) is 0 Å². The van der Waals surface area contributed by atoms with Crippen LogP contribution in [-0.2, 0) is 9.53 Å². The highest BCUT2D eigenvalue weighted by atomic mass is 35.5. The molecule has 110 valence electrons. The average Bonchev–Trinajstić information content (AvgIpc) is 2.74. The van der Waals surface area contributed by atoms with Crippen molar-refractivity contribution in [1.82, 2.24) is 9.97 Å². The van der Waals surface area contributed by atoms with Gasteiger partial charge in [0.05, 0.1) is 17.3 Å². The standard InChI is InChI=1S/C13H11ClN2O4S/c14-6-1-2-7-8(3-6)15-13(16-12(7)19)21-5-10-9(17)4-11(18)20-10/h1-3,9-10,17H,4-5H2,(H,15,16,19)/t9-,10+/m0/s1. The number of aliphatic hydroxyl groups is 1. The lowest BCUT2D eigenvalue weighted by Crippen LogP contribution is -2.23. The first kappa shape index (κ1) is 14.4. The van der Waals surface area contributed by atoms with E-state index in [4.69, 9.17) is 16.3 Å². The summed E-state index contributed by atoms with van der Waals surface area (Å²) in [5, 5.41) is 11.0. The fourth-order valence-corrected chi connectivity index (χ4v) is 3.17. The minimum Gasteiger partial charge on any atom is -0.459 e. The molecule has 0 saturated carbocycles. The van der Waals surface area contributed by atoms with E-state index in [0.29, 0.717) is 26.8 Å². The molecule has 0 unspecified atom stereocenters. The fraction of sp³-hybridized carbons (Fsp3) is 0.308. The van der Waals surface area contributed by atoms with Crippen molar-refractivity contribution in [3.05, 3.63) is 33.6 Å². The number of H-pyrrole nitrogens is 1. The summed E-state index contributed by atoms with van der Waals surface area (Å²) in [5.74, 6) is -0.0955. The molecule has 1 aromatic carbocycles. The molecule has 0 aliphatic carbocycles. The van der Waals surface area contributed by atoms with E-state index < -0.39 is 18.2 Å². The molecule has 0 spiro atoms. The number of benzene rings is 1. The number of aromatic amines is 1. The van der Waals surface area contributed by atoms with Gasteiger partial charge in [0.2, 0.25) is 0 Å². The van der Waals surface area contributed by atoms with Gasteiger partial charge in [-0.05, 0) is 18.2 Å². The Morgan fingerprint density at radius 1 is 1.48 bits per heavy atom. The zero-order valence-corrected chi connectivity index (χ0v) is 12.3. The van der Waals surface area contributed by atoms with Gasteiger partial charge in [-0.25, -0.2) is 4.98 Å². The van der Waals surface area contributed by atoms with Crippen molar-refractivity contribution in [3.8, 4) is 0 Å². The molecule has 0 amide bonds. The minimum atomic E-state index is -0.813. The zero-order chi connectivity index (χ0) is 15.0. The van der Waals surface area contributed by atoms with Crippen LogP contribution in [-0.4, -0.2) is 39.0 Å². The summed E-state index contributed by atoms with van der Waals surface area (Å²) in [6.45, 7) is 0. The van der Waals surface area contributed by atoms with E-state index >= 15 is 0 Å². The summed E-state index contributed by atoms with van der Waals surface area (Å²) in [6.07, 6.45) is -1.39. The Labute approximate surface area is 128 Å². The quantitative estimate of drug-likeness (QED) is 0.502. The molecule has 1 fully saturated rings. The van der Waals surface area contributed by atoms with E-state index in [1.807, 2.05) is 0 Å². The van der Waals surface area contributed by atoms with Crippen LogP contribution in [0.2, 0.25) is 5.02 Å². The van der Waals surface area contributed by atoms with E-state index in [1.165, 1.54) is 11.8 Å². The van der Waals surface area contributed by atoms with Gasteiger partial charge in [-0.1, -0.05) is 23.4 Å². The molecule has 2 aromatic rings. The van der Waals surface area contributed by atoms with Gasteiger partial charge >= 0.3 is 5.97 Å². The molecule has 3 rings (SSSR count). The lowest BCUT2D eigenvalue weighted by atomic mass is 10.2. The third-order valence-corrected chi connectivity index (χ3v) is 4.32. The third-order valence-electron chi connectivity index (χ3n) is 3.12. The molecule has 6 nitrogen and oxygen atoms in total. The molecule has 0 radical (unpaired) electrons. The molecule has 1 aliphatic rings. The first-order chi connectivity index (χ1) is 10.0. The van der Waals surface area contributed by atoms with Crippen molar-refractivity contribution >= 4 is 40.2 Å². The lowest BCUT2D eigenvalue weighted by molar-refractivity contribution is -0.140. The Balaban J connectivity index is 1.81. The normalized spacial score (nSPS) is 21.7. The molecule has 1 aromatic heterocycles. The summed E-state index contributed by atoms with van der Waals surface area (Å²) in [5.41, 5.74) is 0.237.